The Morgan fingerprint density at radius 1 is 1.50 bits per heavy atom. The number of alkyl halides is 4. The fourth-order valence-corrected chi connectivity index (χ4v) is 3.21. The second-order valence-electron chi connectivity index (χ2n) is 4.46. The summed E-state index contributed by atoms with van der Waals surface area (Å²) >= 11 is 0.944. The maximum Gasteiger partial charge on any atom is 0.417 e. The zero-order valence-electron chi connectivity index (χ0n) is 10.3. The predicted octanol–water partition coefficient (Wildman–Crippen LogP) is 0.414. The van der Waals surface area contributed by atoms with Gasteiger partial charge in [0.25, 0.3) is 0 Å². The summed E-state index contributed by atoms with van der Waals surface area (Å²) in [4.78, 5) is 3.93. The van der Waals surface area contributed by atoms with E-state index in [0.29, 0.717) is 11.7 Å². The molecule has 1 fully saturated rings. The summed E-state index contributed by atoms with van der Waals surface area (Å²) in [5, 5.41) is 21.9. The van der Waals surface area contributed by atoms with Gasteiger partial charge in [-0.2, -0.15) is 13.2 Å². The van der Waals surface area contributed by atoms with Gasteiger partial charge in [-0.3, -0.25) is 4.99 Å². The monoisotopic (exact) mass is 318 g/mol. The Labute approximate surface area is 116 Å². The topological polar surface area (TPSA) is 74.1 Å². The van der Waals surface area contributed by atoms with Crippen LogP contribution >= 0.6 is 11.8 Å². The Balaban J connectivity index is 2.13. The lowest BCUT2D eigenvalue weighted by Gasteiger charge is -2.39. The maximum absolute atomic E-state index is 14.0. The Bertz CT molecular complexity index is 395. The van der Waals surface area contributed by atoms with E-state index in [1.54, 1.807) is 6.92 Å². The number of rotatable bonds is 2. The van der Waals surface area contributed by atoms with Crippen molar-refractivity contribution in [3.8, 4) is 0 Å². The Hall–Kier alpha value is -0.580. The number of halogens is 4. The molecule has 0 unspecified atom stereocenters. The van der Waals surface area contributed by atoms with Crippen molar-refractivity contribution >= 4 is 16.9 Å². The van der Waals surface area contributed by atoms with E-state index in [9.17, 15) is 22.7 Å². The van der Waals surface area contributed by atoms with Gasteiger partial charge in [-0.1, -0.05) is 11.8 Å². The van der Waals surface area contributed by atoms with Crippen LogP contribution in [0.5, 0.6) is 0 Å². The number of aliphatic hydroxyl groups is 2. The lowest BCUT2D eigenvalue weighted by Crippen LogP contribution is -2.59. The molecule has 5 nitrogen and oxygen atoms in total. The first kappa shape index (κ1) is 15.8. The average Bonchev–Trinajstić information content (AvgIpc) is 2.75. The molecule has 2 aliphatic heterocycles. The van der Waals surface area contributed by atoms with Gasteiger partial charge in [0.2, 0.25) is 0 Å². The molecule has 0 aromatic rings. The number of amidine groups is 1. The molecule has 6 atom stereocenters. The minimum absolute atomic E-state index is 0.347. The number of thioether (sulfide) groups is 1. The molecule has 0 saturated carbocycles. The number of aliphatic hydroxyl groups excluding tert-OH is 2. The molecule has 2 heterocycles. The van der Waals surface area contributed by atoms with Gasteiger partial charge in [0.1, 0.15) is 23.7 Å². The minimum atomic E-state index is -4.99. The van der Waals surface area contributed by atoms with Crippen molar-refractivity contribution in [3.63, 3.8) is 0 Å². The molecule has 0 aromatic carbocycles. The SMILES string of the molecule is CCNC1=N[C@@H]2[C@@H](F)[C@H](O)[C@@H]([C@H](O)C(F)(F)F)O[C@@H]2S1. The highest BCUT2D eigenvalue weighted by atomic mass is 32.2. The third kappa shape index (κ3) is 2.87. The Morgan fingerprint density at radius 3 is 2.70 bits per heavy atom. The first-order valence-electron chi connectivity index (χ1n) is 5.96. The van der Waals surface area contributed by atoms with E-state index in [0.717, 1.165) is 11.8 Å². The van der Waals surface area contributed by atoms with Crippen molar-refractivity contribution in [1.82, 2.24) is 5.32 Å². The predicted molar refractivity (Wildman–Crippen MR) is 64.1 cm³/mol. The summed E-state index contributed by atoms with van der Waals surface area (Å²) < 4.78 is 56.4. The molecular formula is C10H14F4N2O3S. The van der Waals surface area contributed by atoms with Crippen molar-refractivity contribution in [2.24, 2.45) is 4.99 Å². The smallest absolute Gasteiger partial charge is 0.387 e. The van der Waals surface area contributed by atoms with Crippen LogP contribution in [0.3, 0.4) is 0 Å². The molecule has 0 bridgehead atoms. The third-order valence-corrected chi connectivity index (χ3v) is 4.12. The second-order valence-corrected chi connectivity index (χ2v) is 5.55. The Kier molecular flexibility index (Phi) is 4.47. The van der Waals surface area contributed by atoms with Gasteiger partial charge in [0.15, 0.2) is 17.4 Å². The highest BCUT2D eigenvalue weighted by molar-refractivity contribution is 8.14. The van der Waals surface area contributed by atoms with Crippen LogP contribution in [0.25, 0.3) is 0 Å². The molecule has 20 heavy (non-hydrogen) atoms. The number of hydrogen-bond donors (Lipinski definition) is 3. The van der Waals surface area contributed by atoms with Crippen LogP contribution in [0, 0.1) is 0 Å². The van der Waals surface area contributed by atoms with E-state index >= 15 is 0 Å². The number of nitrogens with one attached hydrogen (secondary N) is 1. The van der Waals surface area contributed by atoms with Gasteiger partial charge >= 0.3 is 6.18 Å². The summed E-state index contributed by atoms with van der Waals surface area (Å²) in [7, 11) is 0. The third-order valence-electron chi connectivity index (χ3n) is 3.03. The van der Waals surface area contributed by atoms with Gasteiger partial charge < -0.3 is 20.3 Å². The van der Waals surface area contributed by atoms with Crippen LogP contribution in [0.15, 0.2) is 4.99 Å². The molecule has 116 valence electrons. The fourth-order valence-electron chi connectivity index (χ4n) is 2.04. The fraction of sp³-hybridized carbons (Fsp3) is 0.900. The molecule has 2 aliphatic rings. The van der Waals surface area contributed by atoms with E-state index in [4.69, 9.17) is 9.84 Å². The standard InChI is InChI=1S/C10H14F4N2O3S/c1-2-15-9-16-4-3(11)5(17)6(19-8(4)20-9)7(18)10(12,13)14/h3-8,17-18H,2H2,1H3,(H,15,16)/t3-,4-,5+,6+,7+,8-/m1/s1. The van der Waals surface area contributed by atoms with E-state index in [1.165, 1.54) is 0 Å². The van der Waals surface area contributed by atoms with Crippen molar-refractivity contribution in [1.29, 1.82) is 0 Å². The van der Waals surface area contributed by atoms with Gasteiger partial charge in [0.05, 0.1) is 0 Å². The van der Waals surface area contributed by atoms with E-state index in [2.05, 4.69) is 10.3 Å². The number of fused-ring (bicyclic) bond motifs is 1. The number of hydrogen-bond acceptors (Lipinski definition) is 6. The highest BCUT2D eigenvalue weighted by Crippen LogP contribution is 2.40. The summed E-state index contributed by atoms with van der Waals surface area (Å²) in [6.07, 6.45) is -14.1. The molecule has 2 rings (SSSR count). The first-order chi connectivity index (χ1) is 9.25. The quantitative estimate of drug-likeness (QED) is 0.643. The summed E-state index contributed by atoms with van der Waals surface area (Å²) in [6, 6.07) is -1.08. The number of aliphatic imine (C=N–C) groups is 1. The molecule has 0 aliphatic carbocycles. The maximum atomic E-state index is 14.0. The van der Waals surface area contributed by atoms with Crippen molar-refractivity contribution in [2.75, 3.05) is 6.54 Å². The largest absolute Gasteiger partial charge is 0.417 e. The van der Waals surface area contributed by atoms with Crippen molar-refractivity contribution in [2.45, 2.75) is 49.1 Å². The minimum Gasteiger partial charge on any atom is -0.387 e. The van der Waals surface area contributed by atoms with Gasteiger partial charge in [-0.05, 0) is 6.92 Å². The molecule has 0 aromatic heterocycles. The van der Waals surface area contributed by atoms with Gasteiger partial charge in [-0.25, -0.2) is 4.39 Å². The number of ether oxygens (including phenoxy) is 1. The average molecular weight is 318 g/mol. The van der Waals surface area contributed by atoms with E-state index in [1.807, 2.05) is 0 Å². The summed E-state index contributed by atoms with van der Waals surface area (Å²) in [5.74, 6) is 0. The van der Waals surface area contributed by atoms with E-state index < -0.39 is 42.1 Å². The number of nitrogens with zero attached hydrogens (tertiary/aromatic N) is 1. The lowest BCUT2D eigenvalue weighted by molar-refractivity contribution is -0.267. The van der Waals surface area contributed by atoms with Crippen LogP contribution in [0.2, 0.25) is 0 Å². The highest BCUT2D eigenvalue weighted by Gasteiger charge is 2.56. The van der Waals surface area contributed by atoms with Crippen LogP contribution < -0.4 is 5.32 Å². The second kappa shape index (κ2) is 5.66. The zero-order valence-corrected chi connectivity index (χ0v) is 11.2. The molecule has 0 amide bonds. The van der Waals surface area contributed by atoms with Crippen LogP contribution in [-0.4, -0.2) is 64.1 Å². The summed E-state index contributed by atoms with van der Waals surface area (Å²) in [6.45, 7) is 2.29. The molecular weight excluding hydrogens is 304 g/mol. The van der Waals surface area contributed by atoms with E-state index in [-0.39, 0.29) is 0 Å². The van der Waals surface area contributed by atoms with Crippen LogP contribution in [0.1, 0.15) is 6.92 Å². The van der Waals surface area contributed by atoms with Crippen molar-refractivity contribution in [3.05, 3.63) is 0 Å². The molecule has 0 spiro atoms. The van der Waals surface area contributed by atoms with Crippen molar-refractivity contribution < 1.29 is 32.5 Å². The first-order valence-corrected chi connectivity index (χ1v) is 6.84. The lowest BCUT2D eigenvalue weighted by atomic mass is 9.96. The molecule has 10 heteroatoms. The molecule has 3 N–H and O–H groups in total. The Morgan fingerprint density at radius 2 is 2.15 bits per heavy atom. The van der Waals surface area contributed by atoms with Gasteiger partial charge in [-0.15, -0.1) is 0 Å². The summed E-state index contributed by atoms with van der Waals surface area (Å²) in [5.41, 5.74) is -0.996. The molecule has 0 radical (unpaired) electrons. The normalized spacial score (nSPS) is 39.1. The van der Waals surface area contributed by atoms with Gasteiger partial charge in [0, 0.05) is 6.54 Å². The zero-order chi connectivity index (χ0) is 15.1. The van der Waals surface area contributed by atoms with Crippen LogP contribution in [-0.2, 0) is 4.74 Å². The molecule has 1 saturated heterocycles. The van der Waals surface area contributed by atoms with Crippen LogP contribution in [0.4, 0.5) is 17.6 Å².